The van der Waals surface area contributed by atoms with Crippen LogP contribution < -0.4 is 14.8 Å². The molecule has 1 unspecified atom stereocenters. The van der Waals surface area contributed by atoms with E-state index in [0.717, 1.165) is 16.1 Å². The van der Waals surface area contributed by atoms with Gasteiger partial charge in [-0.25, -0.2) is 4.98 Å². The molecule has 4 rings (SSSR count). The Balaban J connectivity index is 1.41. The molecule has 2 heterocycles. The Labute approximate surface area is 218 Å². The first-order chi connectivity index (χ1) is 17.5. The number of rotatable bonds is 11. The van der Waals surface area contributed by atoms with E-state index in [4.69, 9.17) is 9.47 Å². The van der Waals surface area contributed by atoms with Crippen LogP contribution in [0.2, 0.25) is 0 Å². The van der Waals surface area contributed by atoms with Crippen LogP contribution in [-0.4, -0.2) is 38.5 Å². The smallest absolute Gasteiger partial charge is 0.236 e. The molecule has 0 aliphatic heterocycles. The van der Waals surface area contributed by atoms with Gasteiger partial charge in [-0.1, -0.05) is 54.2 Å². The number of ether oxygens (including phenoxy) is 2. The van der Waals surface area contributed by atoms with E-state index in [1.165, 1.54) is 23.1 Å². The van der Waals surface area contributed by atoms with Gasteiger partial charge in [0.15, 0.2) is 22.2 Å². The first-order valence-corrected chi connectivity index (χ1v) is 13.1. The van der Waals surface area contributed by atoms with Gasteiger partial charge in [0.2, 0.25) is 5.91 Å². The molecule has 10 heteroatoms. The molecule has 0 saturated carbocycles. The van der Waals surface area contributed by atoms with Gasteiger partial charge in [-0.15, -0.1) is 28.1 Å². The number of thiazole rings is 1. The average Bonchev–Trinajstić information content (AvgIpc) is 3.46. The monoisotopic (exact) mass is 521 g/mol. The summed E-state index contributed by atoms with van der Waals surface area (Å²) in [4.78, 5) is 18.3. The summed E-state index contributed by atoms with van der Waals surface area (Å²) in [6, 6.07) is 17.3. The Bertz CT molecular complexity index is 1340. The molecule has 2 aromatic heterocycles. The fourth-order valence-corrected chi connectivity index (χ4v) is 5.15. The van der Waals surface area contributed by atoms with Gasteiger partial charge in [-0.05, 0) is 26.0 Å². The van der Waals surface area contributed by atoms with Crippen LogP contribution in [-0.2, 0) is 11.3 Å². The minimum Gasteiger partial charge on any atom is -0.497 e. The average molecular weight is 522 g/mol. The van der Waals surface area contributed by atoms with Gasteiger partial charge in [0.25, 0.3) is 0 Å². The van der Waals surface area contributed by atoms with E-state index in [1.807, 2.05) is 73.0 Å². The Morgan fingerprint density at radius 3 is 2.72 bits per heavy atom. The van der Waals surface area contributed by atoms with Crippen LogP contribution in [0.25, 0.3) is 11.3 Å². The van der Waals surface area contributed by atoms with Crippen LogP contribution in [0.3, 0.4) is 0 Å². The second-order valence-electron chi connectivity index (χ2n) is 7.81. The Hall–Kier alpha value is -3.63. The first kappa shape index (κ1) is 25.5. The van der Waals surface area contributed by atoms with Crippen molar-refractivity contribution in [3.63, 3.8) is 0 Å². The van der Waals surface area contributed by atoms with Crippen molar-refractivity contribution in [3.8, 4) is 22.8 Å². The molecule has 0 aliphatic rings. The van der Waals surface area contributed by atoms with Gasteiger partial charge in [-0.3, -0.25) is 9.36 Å². The Morgan fingerprint density at radius 1 is 1.19 bits per heavy atom. The fourth-order valence-electron chi connectivity index (χ4n) is 3.54. The number of allylic oxidation sites excluding steroid dienone is 1. The van der Waals surface area contributed by atoms with Crippen molar-refractivity contribution in [2.24, 2.45) is 0 Å². The number of methoxy groups -OCH3 is 1. The standard InChI is InChI=1S/C26H27N5O3S2/c1-5-14-31-24(17(2)34-21-13-9-12-20(15-21)33-4)29-30-26(31)35-16-22(32)27-25-28-23(18(3)36-25)19-10-7-6-8-11-19/h5-13,15,17H,1,14,16H2,2-4H3,(H,27,28,32). The highest BCUT2D eigenvalue weighted by atomic mass is 32.2. The summed E-state index contributed by atoms with van der Waals surface area (Å²) in [5.41, 5.74) is 1.90. The molecule has 1 amide bonds. The van der Waals surface area contributed by atoms with Gasteiger partial charge in [0, 0.05) is 23.1 Å². The number of aryl methyl sites for hydroxylation is 1. The van der Waals surface area contributed by atoms with Crippen molar-refractivity contribution in [2.45, 2.75) is 31.7 Å². The molecule has 0 aliphatic carbocycles. The van der Waals surface area contributed by atoms with Crippen LogP contribution in [0.4, 0.5) is 5.13 Å². The molecule has 0 radical (unpaired) electrons. The molecule has 0 fully saturated rings. The number of aromatic nitrogens is 4. The second kappa shape index (κ2) is 11.9. The minimum absolute atomic E-state index is 0.163. The molecular formula is C26H27N5O3S2. The number of nitrogens with one attached hydrogen (secondary N) is 1. The van der Waals surface area contributed by atoms with Crippen molar-refractivity contribution in [2.75, 3.05) is 18.2 Å². The summed E-state index contributed by atoms with van der Waals surface area (Å²) in [6.45, 7) is 8.23. The summed E-state index contributed by atoms with van der Waals surface area (Å²) in [7, 11) is 1.61. The Morgan fingerprint density at radius 2 is 1.97 bits per heavy atom. The maximum absolute atomic E-state index is 12.7. The lowest BCUT2D eigenvalue weighted by Crippen LogP contribution is -2.15. The van der Waals surface area contributed by atoms with E-state index >= 15 is 0 Å². The van der Waals surface area contributed by atoms with E-state index in [9.17, 15) is 4.79 Å². The zero-order valence-corrected chi connectivity index (χ0v) is 21.9. The van der Waals surface area contributed by atoms with Crippen LogP contribution in [0.1, 0.15) is 23.7 Å². The van der Waals surface area contributed by atoms with Gasteiger partial charge in [0.1, 0.15) is 11.5 Å². The molecule has 0 bridgehead atoms. The van der Waals surface area contributed by atoms with E-state index in [0.29, 0.717) is 34.2 Å². The van der Waals surface area contributed by atoms with Gasteiger partial charge < -0.3 is 14.8 Å². The zero-order chi connectivity index (χ0) is 25.5. The summed E-state index contributed by atoms with van der Waals surface area (Å²) >= 11 is 2.76. The Kier molecular flexibility index (Phi) is 8.40. The van der Waals surface area contributed by atoms with Gasteiger partial charge in [0.05, 0.1) is 18.6 Å². The molecule has 1 atom stereocenters. The number of anilines is 1. The third kappa shape index (κ3) is 6.13. The predicted molar refractivity (Wildman–Crippen MR) is 144 cm³/mol. The normalized spacial score (nSPS) is 11.6. The van der Waals surface area contributed by atoms with Crippen molar-refractivity contribution in [3.05, 3.63) is 78.0 Å². The second-order valence-corrected chi connectivity index (χ2v) is 9.95. The van der Waals surface area contributed by atoms with Crippen LogP contribution in [0, 0.1) is 6.92 Å². The van der Waals surface area contributed by atoms with Crippen LogP contribution in [0.5, 0.6) is 11.5 Å². The lowest BCUT2D eigenvalue weighted by Gasteiger charge is -2.16. The summed E-state index contributed by atoms with van der Waals surface area (Å²) in [6.07, 6.45) is 1.39. The topological polar surface area (TPSA) is 91.2 Å². The highest BCUT2D eigenvalue weighted by Gasteiger charge is 2.20. The molecule has 2 aromatic carbocycles. The number of amides is 1. The molecular weight excluding hydrogens is 494 g/mol. The lowest BCUT2D eigenvalue weighted by molar-refractivity contribution is -0.113. The van der Waals surface area contributed by atoms with Crippen LogP contribution >= 0.6 is 23.1 Å². The maximum atomic E-state index is 12.7. The van der Waals surface area contributed by atoms with Crippen LogP contribution in [0.15, 0.2) is 72.4 Å². The molecule has 8 nitrogen and oxygen atoms in total. The lowest BCUT2D eigenvalue weighted by atomic mass is 10.1. The van der Waals surface area contributed by atoms with Crippen molar-refractivity contribution < 1.29 is 14.3 Å². The number of thioether (sulfide) groups is 1. The summed E-state index contributed by atoms with van der Waals surface area (Å²) in [5.74, 6) is 2.02. The highest BCUT2D eigenvalue weighted by Crippen LogP contribution is 2.31. The molecule has 36 heavy (non-hydrogen) atoms. The molecule has 0 spiro atoms. The van der Waals surface area contributed by atoms with Gasteiger partial charge >= 0.3 is 0 Å². The number of hydrogen-bond donors (Lipinski definition) is 1. The SMILES string of the molecule is C=CCn1c(SCC(=O)Nc2nc(-c3ccccc3)c(C)s2)nnc1C(C)Oc1cccc(OC)c1. The quantitative estimate of drug-likeness (QED) is 0.198. The minimum atomic E-state index is -0.373. The largest absolute Gasteiger partial charge is 0.497 e. The molecule has 0 saturated heterocycles. The summed E-state index contributed by atoms with van der Waals surface area (Å²) < 4.78 is 13.2. The van der Waals surface area contributed by atoms with E-state index in [2.05, 4.69) is 27.1 Å². The van der Waals surface area contributed by atoms with E-state index in [1.54, 1.807) is 13.2 Å². The first-order valence-electron chi connectivity index (χ1n) is 11.3. The third-order valence-corrected chi connectivity index (χ3v) is 7.05. The third-order valence-electron chi connectivity index (χ3n) is 5.20. The van der Waals surface area contributed by atoms with Gasteiger partial charge in [-0.2, -0.15) is 0 Å². The number of carbonyl (C=O) groups excluding carboxylic acids is 1. The number of carbonyl (C=O) groups is 1. The van der Waals surface area contributed by atoms with Crippen molar-refractivity contribution in [1.29, 1.82) is 0 Å². The number of nitrogens with zero attached hydrogens (tertiary/aromatic N) is 4. The highest BCUT2D eigenvalue weighted by molar-refractivity contribution is 7.99. The zero-order valence-electron chi connectivity index (χ0n) is 20.3. The fraction of sp³-hybridized carbons (Fsp3) is 0.231. The van der Waals surface area contributed by atoms with E-state index < -0.39 is 0 Å². The summed E-state index contributed by atoms with van der Waals surface area (Å²) in [5, 5.41) is 12.7. The number of hydrogen-bond acceptors (Lipinski definition) is 8. The van der Waals surface area contributed by atoms with Crippen molar-refractivity contribution in [1.82, 2.24) is 19.7 Å². The predicted octanol–water partition coefficient (Wildman–Crippen LogP) is 5.78. The molecule has 4 aromatic rings. The van der Waals surface area contributed by atoms with E-state index in [-0.39, 0.29) is 17.8 Å². The number of benzene rings is 2. The maximum Gasteiger partial charge on any atom is 0.236 e. The molecule has 1 N–H and O–H groups in total. The molecule has 186 valence electrons. The van der Waals surface area contributed by atoms with Crippen molar-refractivity contribution >= 4 is 34.1 Å².